The number of carboxylic acid groups (broad SMARTS) is 1. The number of nitrogens with two attached hydrogens (primary N) is 1. The van der Waals surface area contributed by atoms with Gasteiger partial charge in [-0.25, -0.2) is 0 Å². The molecule has 3 N–H and O–H groups in total. The van der Waals surface area contributed by atoms with Crippen molar-refractivity contribution in [1.82, 2.24) is 15.0 Å². The molecule has 6 nitrogen and oxygen atoms in total. The molecule has 0 amide bonds. The van der Waals surface area contributed by atoms with Crippen molar-refractivity contribution >= 4 is 17.0 Å². The smallest absolute Gasteiger partial charge is 0.320 e. The van der Waals surface area contributed by atoms with Crippen LogP contribution in [0, 0.1) is 0 Å². The zero-order valence-corrected chi connectivity index (χ0v) is 19.4. The van der Waals surface area contributed by atoms with E-state index in [1.165, 1.54) is 5.56 Å². The number of hydrogen-bond donors (Lipinski definition) is 2. The van der Waals surface area contributed by atoms with E-state index in [1.807, 2.05) is 24.3 Å². The number of aliphatic carboxylic acids is 1. The van der Waals surface area contributed by atoms with Gasteiger partial charge in [-0.3, -0.25) is 4.79 Å². The van der Waals surface area contributed by atoms with Gasteiger partial charge in [-0.05, 0) is 58.6 Å². The maximum absolute atomic E-state index is 11.6. The first-order valence-electron chi connectivity index (χ1n) is 11.0. The summed E-state index contributed by atoms with van der Waals surface area (Å²) in [6, 6.07) is 11.1. The molecular weight excluding hydrogens is 388 g/mol. The average Bonchev–Trinajstić information content (AvgIpc) is 3.17. The molecule has 6 heteroatoms. The fourth-order valence-electron chi connectivity index (χ4n) is 3.71. The Labute approximate surface area is 184 Å². The van der Waals surface area contributed by atoms with Crippen LogP contribution in [0.3, 0.4) is 0 Å². The monoisotopic (exact) mass is 422 g/mol. The summed E-state index contributed by atoms with van der Waals surface area (Å²) in [6.07, 6.45) is 2.10. The number of carbonyl (C=O) groups is 1. The Bertz CT molecular complexity index is 1070. The summed E-state index contributed by atoms with van der Waals surface area (Å²) in [7, 11) is 0. The predicted octanol–water partition coefficient (Wildman–Crippen LogP) is 4.75. The van der Waals surface area contributed by atoms with E-state index in [1.54, 1.807) is 4.80 Å². The SMILES string of the molecule is CCC(C)(C)c1cc(-n2nc3ccccc3n2)c(C[C@H](N)C(=O)O)c(C(C)(C)CC)c1. The highest BCUT2D eigenvalue weighted by Gasteiger charge is 2.30. The third-order valence-electron chi connectivity index (χ3n) is 6.75. The number of aromatic nitrogens is 3. The minimum atomic E-state index is -1.01. The van der Waals surface area contributed by atoms with Crippen molar-refractivity contribution in [3.05, 3.63) is 53.1 Å². The summed E-state index contributed by atoms with van der Waals surface area (Å²) in [4.78, 5) is 13.3. The van der Waals surface area contributed by atoms with Crippen molar-refractivity contribution in [2.24, 2.45) is 5.73 Å². The molecule has 1 heterocycles. The van der Waals surface area contributed by atoms with Gasteiger partial charge in [0.15, 0.2) is 0 Å². The number of benzene rings is 2. The van der Waals surface area contributed by atoms with Gasteiger partial charge in [-0.15, -0.1) is 10.2 Å². The second-order valence-electron chi connectivity index (χ2n) is 9.62. The lowest BCUT2D eigenvalue weighted by atomic mass is 9.73. The molecule has 1 aromatic heterocycles. The number of rotatable bonds is 8. The quantitative estimate of drug-likeness (QED) is 0.546. The van der Waals surface area contributed by atoms with Crippen molar-refractivity contribution in [2.75, 3.05) is 0 Å². The Kier molecular flexibility index (Phi) is 6.23. The Morgan fingerprint density at radius 1 is 1.03 bits per heavy atom. The van der Waals surface area contributed by atoms with Gasteiger partial charge in [0.2, 0.25) is 0 Å². The number of carboxylic acids is 1. The molecule has 0 aliphatic carbocycles. The van der Waals surface area contributed by atoms with Gasteiger partial charge >= 0.3 is 5.97 Å². The Morgan fingerprint density at radius 3 is 2.06 bits per heavy atom. The molecule has 2 aromatic carbocycles. The normalized spacial score (nSPS) is 13.5. The maximum Gasteiger partial charge on any atom is 0.320 e. The number of nitrogens with zero attached hydrogens (tertiary/aromatic N) is 3. The van der Waals surface area contributed by atoms with E-state index in [0.717, 1.165) is 40.7 Å². The van der Waals surface area contributed by atoms with Crippen LogP contribution in [0.4, 0.5) is 0 Å². The number of fused-ring (bicyclic) bond motifs is 1. The molecule has 166 valence electrons. The lowest BCUT2D eigenvalue weighted by molar-refractivity contribution is -0.138. The fourth-order valence-corrected chi connectivity index (χ4v) is 3.71. The molecule has 3 rings (SSSR count). The van der Waals surface area contributed by atoms with Crippen molar-refractivity contribution in [3.8, 4) is 5.69 Å². The predicted molar refractivity (Wildman–Crippen MR) is 125 cm³/mol. The van der Waals surface area contributed by atoms with Gasteiger partial charge in [0, 0.05) is 6.42 Å². The average molecular weight is 423 g/mol. The van der Waals surface area contributed by atoms with Crippen LogP contribution >= 0.6 is 0 Å². The lowest BCUT2D eigenvalue weighted by Crippen LogP contribution is -2.34. The molecule has 0 bridgehead atoms. The zero-order chi connectivity index (χ0) is 23.0. The minimum absolute atomic E-state index is 0.0483. The van der Waals surface area contributed by atoms with E-state index in [2.05, 4.69) is 53.7 Å². The Hall–Kier alpha value is -2.73. The van der Waals surface area contributed by atoms with Gasteiger partial charge < -0.3 is 10.8 Å². The molecule has 0 saturated carbocycles. The third kappa shape index (κ3) is 4.49. The standard InChI is InChI=1S/C25H34N4O2/c1-7-24(3,4)16-13-18(25(5,6)8-2)17(15-19(26)23(30)31)22(14-16)29-27-20-11-9-10-12-21(20)28-29/h9-14,19H,7-8,15,26H2,1-6H3,(H,30,31)/t19-/m0/s1. The van der Waals surface area contributed by atoms with Crippen LogP contribution in [0.2, 0.25) is 0 Å². The number of hydrogen-bond acceptors (Lipinski definition) is 4. The highest BCUT2D eigenvalue weighted by Crippen LogP contribution is 2.38. The summed E-state index contributed by atoms with van der Waals surface area (Å²) >= 11 is 0. The van der Waals surface area contributed by atoms with Crippen LogP contribution in [0.15, 0.2) is 36.4 Å². The minimum Gasteiger partial charge on any atom is -0.480 e. The molecule has 31 heavy (non-hydrogen) atoms. The van der Waals surface area contributed by atoms with Crippen molar-refractivity contribution in [3.63, 3.8) is 0 Å². The highest BCUT2D eigenvalue weighted by atomic mass is 16.4. The van der Waals surface area contributed by atoms with Gasteiger partial charge in [-0.2, -0.15) is 4.80 Å². The largest absolute Gasteiger partial charge is 0.480 e. The van der Waals surface area contributed by atoms with E-state index < -0.39 is 12.0 Å². The molecular formula is C25H34N4O2. The van der Waals surface area contributed by atoms with E-state index in [-0.39, 0.29) is 17.3 Å². The Balaban J connectivity index is 2.37. The zero-order valence-electron chi connectivity index (χ0n) is 19.4. The van der Waals surface area contributed by atoms with Gasteiger partial charge in [0.05, 0.1) is 5.69 Å². The third-order valence-corrected chi connectivity index (χ3v) is 6.75. The van der Waals surface area contributed by atoms with Crippen LogP contribution in [0.1, 0.15) is 71.1 Å². The van der Waals surface area contributed by atoms with Gasteiger partial charge in [0.25, 0.3) is 0 Å². The summed E-state index contributed by atoms with van der Waals surface area (Å²) in [5, 5.41) is 19.0. The first kappa shape index (κ1) is 22.9. The molecule has 3 aromatic rings. The van der Waals surface area contributed by atoms with Gasteiger partial charge in [0.1, 0.15) is 17.1 Å². The van der Waals surface area contributed by atoms with Crippen LogP contribution < -0.4 is 5.73 Å². The van der Waals surface area contributed by atoms with Crippen LogP contribution in [-0.2, 0) is 22.0 Å². The fraction of sp³-hybridized carbons (Fsp3) is 0.480. The highest BCUT2D eigenvalue weighted by molar-refractivity contribution is 5.75. The summed E-state index contributed by atoms with van der Waals surface area (Å²) in [6.45, 7) is 13.2. The van der Waals surface area contributed by atoms with Crippen LogP contribution in [0.5, 0.6) is 0 Å². The molecule has 1 atom stereocenters. The Morgan fingerprint density at radius 2 is 1.58 bits per heavy atom. The van der Waals surface area contributed by atoms with Gasteiger partial charge in [-0.1, -0.05) is 59.7 Å². The molecule has 0 radical (unpaired) electrons. The summed E-state index contributed by atoms with van der Waals surface area (Å²) in [5.74, 6) is -1.01. The topological polar surface area (TPSA) is 94.0 Å². The maximum atomic E-state index is 11.6. The summed E-state index contributed by atoms with van der Waals surface area (Å²) in [5.41, 5.74) is 11.4. The molecule has 0 fully saturated rings. The molecule has 0 aliphatic heterocycles. The molecule has 0 aliphatic rings. The van der Waals surface area contributed by atoms with E-state index in [0.29, 0.717) is 0 Å². The molecule has 0 unspecified atom stereocenters. The van der Waals surface area contributed by atoms with E-state index in [9.17, 15) is 9.90 Å². The first-order valence-corrected chi connectivity index (χ1v) is 11.0. The second-order valence-corrected chi connectivity index (χ2v) is 9.62. The molecule has 0 saturated heterocycles. The van der Waals surface area contributed by atoms with Crippen LogP contribution in [-0.4, -0.2) is 32.1 Å². The molecule has 0 spiro atoms. The second kappa shape index (κ2) is 8.42. The van der Waals surface area contributed by atoms with Crippen LogP contribution in [0.25, 0.3) is 16.7 Å². The van der Waals surface area contributed by atoms with E-state index >= 15 is 0 Å². The van der Waals surface area contributed by atoms with Crippen molar-refractivity contribution < 1.29 is 9.90 Å². The lowest BCUT2D eigenvalue weighted by Gasteiger charge is -2.32. The van der Waals surface area contributed by atoms with Crippen molar-refractivity contribution in [2.45, 2.75) is 77.7 Å². The first-order chi connectivity index (χ1) is 14.5. The van der Waals surface area contributed by atoms with E-state index in [4.69, 9.17) is 15.9 Å². The van der Waals surface area contributed by atoms with Crippen molar-refractivity contribution in [1.29, 1.82) is 0 Å². The summed E-state index contributed by atoms with van der Waals surface area (Å²) < 4.78 is 0.